The maximum Gasteiger partial charge on any atom is 0.220 e. The molecule has 7 heteroatoms. The van der Waals surface area contributed by atoms with Crippen LogP contribution in [0.3, 0.4) is 0 Å². The number of aromatic nitrogens is 4. The molecule has 0 spiro atoms. The van der Waals surface area contributed by atoms with Gasteiger partial charge in [0, 0.05) is 11.0 Å². The molecule has 0 radical (unpaired) electrons. The van der Waals surface area contributed by atoms with E-state index in [2.05, 4.69) is 46.3 Å². The van der Waals surface area contributed by atoms with E-state index in [-0.39, 0.29) is 11.4 Å². The second-order valence-electron chi connectivity index (χ2n) is 7.94. The summed E-state index contributed by atoms with van der Waals surface area (Å²) in [6.07, 6.45) is 0. The van der Waals surface area contributed by atoms with E-state index in [1.807, 2.05) is 42.5 Å². The Balaban J connectivity index is 1.71. The largest absolute Gasteiger partial charge is 0.454 e. The molecule has 3 heterocycles. The highest BCUT2D eigenvalue weighted by atomic mass is 16.5. The molecule has 0 saturated heterocycles. The molecule has 5 rings (SSSR count). The number of benzene rings is 2. The summed E-state index contributed by atoms with van der Waals surface area (Å²) in [6.45, 7) is 6.30. The number of ether oxygens (including phenoxy) is 1. The van der Waals surface area contributed by atoms with Crippen LogP contribution in [-0.4, -0.2) is 20.2 Å². The summed E-state index contributed by atoms with van der Waals surface area (Å²) < 4.78 is 6.23. The second-order valence-corrected chi connectivity index (χ2v) is 7.94. The zero-order chi connectivity index (χ0) is 19.5. The lowest BCUT2D eigenvalue weighted by atomic mass is 9.91. The molecule has 0 saturated carbocycles. The average molecular weight is 372 g/mol. The number of nitrogens with zero attached hydrogens (tertiary/aromatic N) is 3. The molecule has 0 bridgehead atoms. The Hall–Kier alpha value is -3.61. The van der Waals surface area contributed by atoms with Crippen LogP contribution in [-0.2, 0) is 5.41 Å². The van der Waals surface area contributed by atoms with Crippen molar-refractivity contribution in [3.63, 3.8) is 0 Å². The first-order valence-corrected chi connectivity index (χ1v) is 9.10. The molecule has 1 aliphatic rings. The number of anilines is 3. The monoisotopic (exact) mass is 372 g/mol. The number of nitrogens with one attached hydrogen (secondary N) is 2. The van der Waals surface area contributed by atoms with Crippen molar-refractivity contribution < 1.29 is 4.74 Å². The van der Waals surface area contributed by atoms with E-state index in [0.29, 0.717) is 5.75 Å². The van der Waals surface area contributed by atoms with E-state index in [4.69, 9.17) is 10.5 Å². The molecule has 4 aromatic rings. The molecular weight excluding hydrogens is 352 g/mol. The lowest BCUT2D eigenvalue weighted by molar-refractivity contribution is 0.492. The average Bonchev–Trinajstić information content (AvgIpc) is 2.97. The molecule has 2 aromatic heterocycles. The van der Waals surface area contributed by atoms with Gasteiger partial charge in [-0.3, -0.25) is 5.10 Å². The smallest absolute Gasteiger partial charge is 0.220 e. The number of hydrogen-bond donors (Lipinski definition) is 3. The van der Waals surface area contributed by atoms with Crippen molar-refractivity contribution in [2.45, 2.75) is 26.2 Å². The lowest BCUT2D eigenvalue weighted by Crippen LogP contribution is -2.15. The van der Waals surface area contributed by atoms with E-state index in [1.54, 1.807) is 0 Å². The van der Waals surface area contributed by atoms with Crippen molar-refractivity contribution in [3.05, 3.63) is 48.2 Å². The molecule has 0 atom stereocenters. The van der Waals surface area contributed by atoms with Gasteiger partial charge in [-0.25, -0.2) is 9.97 Å². The van der Waals surface area contributed by atoms with Crippen LogP contribution in [0.1, 0.15) is 26.5 Å². The molecule has 0 unspecified atom stereocenters. The van der Waals surface area contributed by atoms with Gasteiger partial charge in [-0.15, -0.1) is 0 Å². The molecule has 0 aliphatic carbocycles. The number of H-pyrrole nitrogens is 1. The standard InChI is InChI=1S/C21H20N6O/c1-21(2,3)17-10-13(24-20(22)25-17)11-8-14-18-16(9-11)28-15-7-5-4-6-12(15)23-19(18)27-26-14/h4-10H,1-3H3,(H2,22,24,25)(H2,23,26,27). The summed E-state index contributed by atoms with van der Waals surface area (Å²) in [5, 5.41) is 11.7. The van der Waals surface area contributed by atoms with Gasteiger partial charge >= 0.3 is 0 Å². The fourth-order valence-corrected chi connectivity index (χ4v) is 3.34. The Morgan fingerprint density at radius 1 is 1.00 bits per heavy atom. The quantitative estimate of drug-likeness (QED) is 0.392. The molecule has 0 fully saturated rings. The Bertz CT molecular complexity index is 1220. The minimum absolute atomic E-state index is 0.137. The van der Waals surface area contributed by atoms with Crippen LogP contribution in [0.4, 0.5) is 17.5 Å². The first-order valence-electron chi connectivity index (χ1n) is 9.10. The Kier molecular flexibility index (Phi) is 3.37. The highest BCUT2D eigenvalue weighted by Crippen LogP contribution is 2.44. The van der Waals surface area contributed by atoms with Gasteiger partial charge in [-0.05, 0) is 30.3 Å². The van der Waals surface area contributed by atoms with Gasteiger partial charge in [0.2, 0.25) is 5.95 Å². The number of para-hydroxylation sites is 2. The van der Waals surface area contributed by atoms with E-state index >= 15 is 0 Å². The molecule has 0 amide bonds. The third kappa shape index (κ3) is 2.63. The number of hydrogen-bond acceptors (Lipinski definition) is 6. The van der Waals surface area contributed by atoms with E-state index in [0.717, 1.165) is 45.1 Å². The van der Waals surface area contributed by atoms with Gasteiger partial charge in [-0.1, -0.05) is 32.9 Å². The molecule has 1 aliphatic heterocycles. The summed E-state index contributed by atoms with van der Waals surface area (Å²) in [6, 6.07) is 13.7. The molecule has 2 aromatic carbocycles. The summed E-state index contributed by atoms with van der Waals surface area (Å²) in [4.78, 5) is 8.85. The summed E-state index contributed by atoms with van der Waals surface area (Å²) in [5.74, 6) is 2.45. The van der Waals surface area contributed by atoms with Crippen molar-refractivity contribution in [1.29, 1.82) is 0 Å². The van der Waals surface area contributed by atoms with Gasteiger partial charge in [0.05, 0.1) is 28.0 Å². The van der Waals surface area contributed by atoms with E-state index < -0.39 is 0 Å². The molecule has 140 valence electrons. The first-order chi connectivity index (χ1) is 13.4. The van der Waals surface area contributed by atoms with Crippen LogP contribution in [0.2, 0.25) is 0 Å². The highest BCUT2D eigenvalue weighted by Gasteiger charge is 2.22. The predicted molar refractivity (Wildman–Crippen MR) is 110 cm³/mol. The fraction of sp³-hybridized carbons (Fsp3) is 0.190. The molecule has 7 nitrogen and oxygen atoms in total. The van der Waals surface area contributed by atoms with Crippen molar-refractivity contribution in [1.82, 2.24) is 20.2 Å². The van der Waals surface area contributed by atoms with Crippen molar-refractivity contribution in [2.75, 3.05) is 11.1 Å². The number of fused-ring (bicyclic) bond motifs is 1. The maximum atomic E-state index is 6.23. The van der Waals surface area contributed by atoms with Crippen molar-refractivity contribution >= 4 is 28.4 Å². The Morgan fingerprint density at radius 2 is 1.82 bits per heavy atom. The third-order valence-electron chi connectivity index (χ3n) is 4.79. The lowest BCUT2D eigenvalue weighted by Gasteiger charge is -2.19. The van der Waals surface area contributed by atoms with Crippen LogP contribution >= 0.6 is 0 Å². The van der Waals surface area contributed by atoms with Gasteiger partial charge in [0.25, 0.3) is 0 Å². The zero-order valence-electron chi connectivity index (χ0n) is 15.9. The minimum Gasteiger partial charge on any atom is -0.454 e. The molecule has 4 N–H and O–H groups in total. The van der Waals surface area contributed by atoms with Crippen molar-refractivity contribution in [2.24, 2.45) is 0 Å². The van der Waals surface area contributed by atoms with Gasteiger partial charge in [-0.2, -0.15) is 5.10 Å². The number of nitrogen functional groups attached to an aromatic ring is 1. The summed E-state index contributed by atoms with van der Waals surface area (Å²) in [7, 11) is 0. The Labute approximate surface area is 162 Å². The van der Waals surface area contributed by atoms with E-state index in [9.17, 15) is 0 Å². The second kappa shape index (κ2) is 5.69. The SMILES string of the molecule is CC(C)(C)c1cc(-c2cc3c4c(n[nH]c4c2)Nc2ccccc2O3)nc(N)n1. The highest BCUT2D eigenvalue weighted by molar-refractivity contribution is 6.00. The van der Waals surface area contributed by atoms with Crippen molar-refractivity contribution in [3.8, 4) is 22.8 Å². The maximum absolute atomic E-state index is 6.23. The molecule has 28 heavy (non-hydrogen) atoms. The zero-order valence-corrected chi connectivity index (χ0v) is 15.9. The number of rotatable bonds is 1. The number of nitrogens with two attached hydrogens (primary N) is 1. The molecular formula is C21H20N6O. The Morgan fingerprint density at radius 3 is 2.64 bits per heavy atom. The minimum atomic E-state index is -0.137. The third-order valence-corrected chi connectivity index (χ3v) is 4.79. The van der Waals surface area contributed by atoms with Crippen LogP contribution in [0.15, 0.2) is 42.5 Å². The van der Waals surface area contributed by atoms with Gasteiger partial charge in [0.15, 0.2) is 11.6 Å². The van der Waals surface area contributed by atoms with Crippen LogP contribution < -0.4 is 15.8 Å². The van der Waals surface area contributed by atoms with Gasteiger partial charge < -0.3 is 15.8 Å². The normalized spacial score (nSPS) is 12.8. The predicted octanol–water partition coefficient (Wildman–Crippen LogP) is 4.75. The summed E-state index contributed by atoms with van der Waals surface area (Å²) in [5.41, 5.74) is 10.1. The fourth-order valence-electron chi connectivity index (χ4n) is 3.34. The first kappa shape index (κ1) is 16.6. The van der Waals surface area contributed by atoms with Crippen LogP contribution in [0, 0.1) is 0 Å². The summed E-state index contributed by atoms with van der Waals surface area (Å²) >= 11 is 0. The van der Waals surface area contributed by atoms with E-state index in [1.165, 1.54) is 0 Å². The van der Waals surface area contributed by atoms with Gasteiger partial charge in [0.1, 0.15) is 5.75 Å². The topological polar surface area (TPSA) is 102 Å². The number of aromatic amines is 1. The van der Waals surface area contributed by atoms with Crippen LogP contribution in [0.25, 0.3) is 22.2 Å². The van der Waals surface area contributed by atoms with Crippen LogP contribution in [0.5, 0.6) is 11.5 Å².